The summed E-state index contributed by atoms with van der Waals surface area (Å²) in [5, 5.41) is 1.87. The number of rotatable bonds is 9. The van der Waals surface area contributed by atoms with Crippen LogP contribution in [-0.2, 0) is 22.4 Å². The fourth-order valence-electron chi connectivity index (χ4n) is 6.12. The largest absolute Gasteiger partial charge is 0.425 e. The Bertz CT molecular complexity index is 1540. The minimum Gasteiger partial charge on any atom is -0.425 e. The molecule has 0 spiro atoms. The molecule has 2 amide bonds. The fraction of sp³-hybridized carbons (Fsp3) is 0.571. The average molecular weight is 654 g/mol. The van der Waals surface area contributed by atoms with Gasteiger partial charge in [0.1, 0.15) is 5.82 Å². The van der Waals surface area contributed by atoms with Gasteiger partial charge in [0.05, 0.1) is 16.8 Å². The van der Waals surface area contributed by atoms with E-state index in [9.17, 15) is 9.59 Å². The Hall–Kier alpha value is -2.88. The number of ether oxygens (including phenoxy) is 1. The molecule has 0 bridgehead atoms. The van der Waals surface area contributed by atoms with E-state index in [1.807, 2.05) is 11.0 Å². The van der Waals surface area contributed by atoms with Crippen LogP contribution in [0.3, 0.4) is 0 Å². The first kappa shape index (κ1) is 33.5. The summed E-state index contributed by atoms with van der Waals surface area (Å²) in [6.45, 7) is 21.7. The number of carbonyl (C=O) groups is 2. The summed E-state index contributed by atoms with van der Waals surface area (Å²) in [5.41, 5.74) is 2.06. The number of fused-ring (bicyclic) bond motifs is 2. The van der Waals surface area contributed by atoms with Crippen molar-refractivity contribution in [2.75, 3.05) is 49.1 Å². The number of piperazine rings is 1. The molecule has 3 aromatic rings. The molecule has 8 nitrogen and oxygen atoms in total. The van der Waals surface area contributed by atoms with Crippen molar-refractivity contribution in [2.24, 2.45) is 11.3 Å². The van der Waals surface area contributed by atoms with E-state index in [0.29, 0.717) is 11.6 Å². The molecule has 10 heteroatoms. The monoisotopic (exact) mass is 653 g/mol. The zero-order valence-electron chi connectivity index (χ0n) is 28.0. The van der Waals surface area contributed by atoms with Crippen molar-refractivity contribution in [3.05, 3.63) is 52.5 Å². The number of hydrogen-bond acceptors (Lipinski definition) is 7. The van der Waals surface area contributed by atoms with Gasteiger partial charge in [-0.25, -0.2) is 4.79 Å². The maximum absolute atomic E-state index is 13.6. The summed E-state index contributed by atoms with van der Waals surface area (Å²) >= 11 is 8.39. The predicted octanol–water partition coefficient (Wildman–Crippen LogP) is 7.47. The number of anilines is 2. The molecule has 1 fully saturated rings. The van der Waals surface area contributed by atoms with Gasteiger partial charge in [-0.3, -0.25) is 14.6 Å². The third-order valence-corrected chi connectivity index (χ3v) is 10.9. The highest BCUT2D eigenvalue weighted by molar-refractivity contribution is 7.13. The minimum absolute atomic E-state index is 0.0882. The average Bonchev–Trinajstić information content (AvgIpc) is 3.54. The number of carbonyl (C=O) groups excluding carboxylic acids is 2. The van der Waals surface area contributed by atoms with Crippen LogP contribution < -0.4 is 9.80 Å². The third-order valence-electron chi connectivity index (χ3n) is 9.76. The van der Waals surface area contributed by atoms with Gasteiger partial charge in [-0.1, -0.05) is 64.4 Å². The molecular weight excluding hydrogens is 606 g/mol. The molecule has 1 atom stereocenters. The normalized spacial score (nSPS) is 16.9. The van der Waals surface area contributed by atoms with Crippen LogP contribution in [0.25, 0.3) is 10.1 Å². The van der Waals surface area contributed by atoms with Gasteiger partial charge >= 0.3 is 6.09 Å². The first-order valence-electron chi connectivity index (χ1n) is 16.1. The van der Waals surface area contributed by atoms with E-state index in [1.165, 1.54) is 10.1 Å². The van der Waals surface area contributed by atoms with Crippen molar-refractivity contribution in [3.8, 4) is 0 Å². The zero-order chi connectivity index (χ0) is 32.7. The van der Waals surface area contributed by atoms with E-state index in [0.717, 1.165) is 61.8 Å². The smallest absolute Gasteiger partial charge is 0.412 e. The number of halogens is 1. The first-order chi connectivity index (χ1) is 21.2. The molecule has 0 saturated carbocycles. The predicted molar refractivity (Wildman–Crippen MR) is 186 cm³/mol. The molecule has 2 aliphatic heterocycles. The summed E-state index contributed by atoms with van der Waals surface area (Å²) in [6, 6.07) is 12.4. The lowest BCUT2D eigenvalue weighted by Gasteiger charge is -2.48. The van der Waals surface area contributed by atoms with Gasteiger partial charge in [-0.15, -0.1) is 0 Å². The SMILES string of the molecule is CC(C)CN(C(=O)OC(C)N1C(=O)Cc2cc(CCN3CCN(c4nsc5ccccc45)CC3)c(Cl)cc21)C(C)(C)C(C)(C)C. The summed E-state index contributed by atoms with van der Waals surface area (Å²) in [7, 11) is 0. The summed E-state index contributed by atoms with van der Waals surface area (Å²) in [4.78, 5) is 35.1. The van der Waals surface area contributed by atoms with Crippen LogP contribution in [0.5, 0.6) is 0 Å². The molecule has 45 heavy (non-hydrogen) atoms. The second-order valence-corrected chi connectivity index (χ2v) is 15.6. The van der Waals surface area contributed by atoms with Gasteiger partial charge in [-0.05, 0) is 79.4 Å². The Morgan fingerprint density at radius 3 is 2.42 bits per heavy atom. The number of hydrogen-bond donors (Lipinski definition) is 0. The third kappa shape index (κ3) is 6.96. The molecule has 2 aliphatic rings. The standard InChI is InChI=1S/C35H48ClN5O3S/c1-23(2)22-40(35(7,8)34(4,5)6)33(43)44-24(3)41-29-21-28(36)25(19-26(29)20-31(41)42)13-14-38-15-17-39(18-16-38)32-27-11-9-10-12-30(27)45-37-32/h9-12,19,21,23-24H,13-18,20,22H2,1-8H3. The van der Waals surface area contributed by atoms with Crippen LogP contribution in [0, 0.1) is 11.3 Å². The summed E-state index contributed by atoms with van der Waals surface area (Å²) in [6.07, 6.45) is -0.102. The van der Waals surface area contributed by atoms with Crippen LogP contribution in [0.15, 0.2) is 36.4 Å². The lowest BCUT2D eigenvalue weighted by molar-refractivity contribution is -0.119. The lowest BCUT2D eigenvalue weighted by Crippen LogP contribution is -2.57. The molecule has 5 rings (SSSR count). The molecule has 1 aromatic heterocycles. The molecule has 0 N–H and O–H groups in total. The highest BCUT2D eigenvalue weighted by Crippen LogP contribution is 2.38. The molecule has 1 saturated heterocycles. The van der Waals surface area contributed by atoms with E-state index >= 15 is 0 Å². The van der Waals surface area contributed by atoms with Crippen LogP contribution >= 0.6 is 23.1 Å². The van der Waals surface area contributed by atoms with Crippen LogP contribution in [0.1, 0.15) is 66.5 Å². The Labute approximate surface area is 277 Å². The van der Waals surface area contributed by atoms with Gasteiger partial charge < -0.3 is 14.5 Å². The van der Waals surface area contributed by atoms with Crippen molar-refractivity contribution in [1.29, 1.82) is 0 Å². The maximum atomic E-state index is 13.6. The molecule has 0 aliphatic carbocycles. The van der Waals surface area contributed by atoms with Crippen molar-refractivity contribution in [3.63, 3.8) is 0 Å². The van der Waals surface area contributed by atoms with Gasteiger partial charge in [0, 0.05) is 55.2 Å². The lowest BCUT2D eigenvalue weighted by atomic mass is 9.75. The highest BCUT2D eigenvalue weighted by atomic mass is 35.5. The molecule has 0 radical (unpaired) electrons. The second kappa shape index (κ2) is 13.1. The second-order valence-electron chi connectivity index (χ2n) is 14.4. The molecule has 3 heterocycles. The quantitative estimate of drug-likeness (QED) is 0.239. The summed E-state index contributed by atoms with van der Waals surface area (Å²) in [5.74, 6) is 1.27. The van der Waals surface area contributed by atoms with Crippen LogP contribution in [0.2, 0.25) is 5.02 Å². The van der Waals surface area contributed by atoms with Gasteiger partial charge in [-0.2, -0.15) is 4.37 Å². The zero-order valence-corrected chi connectivity index (χ0v) is 29.6. The molecule has 1 unspecified atom stereocenters. The Balaban J connectivity index is 1.21. The Morgan fingerprint density at radius 2 is 1.76 bits per heavy atom. The fourth-order valence-corrected chi connectivity index (χ4v) is 7.17. The highest BCUT2D eigenvalue weighted by Gasteiger charge is 2.43. The van der Waals surface area contributed by atoms with Gasteiger partial charge in [0.2, 0.25) is 5.91 Å². The van der Waals surface area contributed by atoms with Gasteiger partial charge in [0.25, 0.3) is 0 Å². The van der Waals surface area contributed by atoms with E-state index in [1.54, 1.807) is 23.4 Å². The van der Waals surface area contributed by atoms with Crippen molar-refractivity contribution in [2.45, 2.75) is 80.0 Å². The van der Waals surface area contributed by atoms with Crippen molar-refractivity contribution < 1.29 is 14.3 Å². The Kier molecular flexibility index (Phi) is 9.74. The van der Waals surface area contributed by atoms with Crippen LogP contribution in [0.4, 0.5) is 16.3 Å². The molecule has 2 aromatic carbocycles. The number of benzene rings is 2. The maximum Gasteiger partial charge on any atom is 0.412 e. The first-order valence-corrected chi connectivity index (χ1v) is 17.3. The topological polar surface area (TPSA) is 69.2 Å². The number of nitrogens with zero attached hydrogens (tertiary/aromatic N) is 5. The molecule has 244 valence electrons. The molecular formula is C35H48ClN5O3S. The number of aromatic nitrogens is 1. The van der Waals surface area contributed by atoms with E-state index in [4.69, 9.17) is 20.7 Å². The Morgan fingerprint density at radius 1 is 1.07 bits per heavy atom. The number of amides is 2. The van der Waals surface area contributed by atoms with Crippen molar-refractivity contribution in [1.82, 2.24) is 14.2 Å². The summed E-state index contributed by atoms with van der Waals surface area (Å²) < 4.78 is 12.0. The van der Waals surface area contributed by atoms with E-state index in [-0.39, 0.29) is 23.7 Å². The van der Waals surface area contributed by atoms with Gasteiger partial charge in [0.15, 0.2) is 6.23 Å². The van der Waals surface area contributed by atoms with E-state index in [2.05, 4.69) is 88.6 Å². The van der Waals surface area contributed by atoms with Crippen LogP contribution in [-0.4, -0.2) is 77.2 Å². The van der Waals surface area contributed by atoms with E-state index < -0.39 is 17.9 Å². The minimum atomic E-state index is -0.760. The van der Waals surface area contributed by atoms with Crippen molar-refractivity contribution >= 4 is 56.7 Å².